The van der Waals surface area contributed by atoms with Gasteiger partial charge in [-0.2, -0.15) is 13.2 Å². The van der Waals surface area contributed by atoms with Crippen LogP contribution in [0.3, 0.4) is 0 Å². The van der Waals surface area contributed by atoms with Gasteiger partial charge in [-0.15, -0.1) is 0 Å². The Kier molecular flexibility index (Phi) is 4.11. The van der Waals surface area contributed by atoms with Crippen LogP contribution in [-0.2, 0) is 6.18 Å². The molecule has 112 valence electrons. The summed E-state index contributed by atoms with van der Waals surface area (Å²) >= 11 is 0. The van der Waals surface area contributed by atoms with Gasteiger partial charge in [-0.1, -0.05) is 12.1 Å². The highest BCUT2D eigenvalue weighted by atomic mass is 19.4. The Labute approximate surface area is 121 Å². The van der Waals surface area contributed by atoms with Crippen molar-refractivity contribution in [2.75, 3.05) is 5.32 Å². The first kappa shape index (κ1) is 15.2. The summed E-state index contributed by atoms with van der Waals surface area (Å²) in [5, 5.41) is 12.5. The van der Waals surface area contributed by atoms with Crippen molar-refractivity contribution < 1.29 is 18.3 Å². The van der Waals surface area contributed by atoms with Crippen molar-refractivity contribution in [1.82, 2.24) is 0 Å². The molecule has 2 nitrogen and oxygen atoms in total. The van der Waals surface area contributed by atoms with Gasteiger partial charge >= 0.3 is 6.18 Å². The quantitative estimate of drug-likeness (QED) is 0.790. The molecule has 0 aliphatic rings. The van der Waals surface area contributed by atoms with Crippen molar-refractivity contribution in [3.8, 4) is 5.75 Å². The van der Waals surface area contributed by atoms with Crippen LogP contribution in [0.2, 0.25) is 0 Å². The molecule has 1 unspecified atom stereocenters. The molecule has 5 heteroatoms. The van der Waals surface area contributed by atoms with Crippen molar-refractivity contribution in [1.29, 1.82) is 0 Å². The number of nitrogens with one attached hydrogen (secondary N) is 1. The van der Waals surface area contributed by atoms with Crippen molar-refractivity contribution in [3.63, 3.8) is 0 Å². The van der Waals surface area contributed by atoms with E-state index in [1.54, 1.807) is 25.1 Å². The zero-order valence-electron chi connectivity index (χ0n) is 11.7. The molecule has 0 saturated carbocycles. The summed E-state index contributed by atoms with van der Waals surface area (Å²) in [6.07, 6.45) is -4.34. The molecular formula is C16H16F3NO. The van der Waals surface area contributed by atoms with Gasteiger partial charge in [-0.25, -0.2) is 0 Å². The second-order valence-corrected chi connectivity index (χ2v) is 4.99. The molecule has 0 heterocycles. The van der Waals surface area contributed by atoms with Gasteiger partial charge in [0.05, 0.1) is 5.56 Å². The van der Waals surface area contributed by atoms with E-state index < -0.39 is 11.7 Å². The van der Waals surface area contributed by atoms with Crippen LogP contribution in [0.1, 0.15) is 29.7 Å². The number of halogens is 3. The molecular weight excluding hydrogens is 279 g/mol. The van der Waals surface area contributed by atoms with E-state index in [0.29, 0.717) is 5.56 Å². The average Bonchev–Trinajstić information content (AvgIpc) is 2.41. The fourth-order valence-electron chi connectivity index (χ4n) is 2.11. The lowest BCUT2D eigenvalue weighted by Crippen LogP contribution is -2.10. The maximum atomic E-state index is 12.7. The van der Waals surface area contributed by atoms with E-state index >= 15 is 0 Å². The van der Waals surface area contributed by atoms with Gasteiger partial charge in [0.1, 0.15) is 5.75 Å². The number of aromatic hydroxyl groups is 1. The predicted octanol–water partition coefficient (Wildman–Crippen LogP) is 4.89. The lowest BCUT2D eigenvalue weighted by atomic mass is 10.0. The maximum absolute atomic E-state index is 12.7. The van der Waals surface area contributed by atoms with E-state index in [4.69, 9.17) is 0 Å². The minimum atomic E-state index is -4.34. The molecule has 0 bridgehead atoms. The van der Waals surface area contributed by atoms with Gasteiger partial charge < -0.3 is 10.4 Å². The van der Waals surface area contributed by atoms with E-state index in [9.17, 15) is 18.3 Å². The molecule has 0 amide bonds. The van der Waals surface area contributed by atoms with Crippen LogP contribution >= 0.6 is 0 Å². The Bertz CT molecular complexity index is 638. The molecule has 2 N–H and O–H groups in total. The van der Waals surface area contributed by atoms with Crippen LogP contribution in [0.15, 0.2) is 42.5 Å². The summed E-state index contributed by atoms with van der Waals surface area (Å²) in [6, 6.07) is 9.82. The van der Waals surface area contributed by atoms with Gasteiger partial charge in [-0.3, -0.25) is 0 Å². The lowest BCUT2D eigenvalue weighted by molar-refractivity contribution is -0.137. The number of phenols is 1. The maximum Gasteiger partial charge on any atom is 0.416 e. The molecule has 0 saturated heterocycles. The van der Waals surface area contributed by atoms with E-state index in [1.807, 2.05) is 6.92 Å². The van der Waals surface area contributed by atoms with Crippen molar-refractivity contribution in [2.24, 2.45) is 0 Å². The Morgan fingerprint density at radius 1 is 1.10 bits per heavy atom. The zero-order chi connectivity index (χ0) is 15.6. The van der Waals surface area contributed by atoms with Crippen LogP contribution in [-0.4, -0.2) is 5.11 Å². The van der Waals surface area contributed by atoms with Gasteiger partial charge in [0.25, 0.3) is 0 Å². The summed E-state index contributed by atoms with van der Waals surface area (Å²) in [5.41, 5.74) is 1.50. The molecule has 0 spiro atoms. The third-order valence-electron chi connectivity index (χ3n) is 3.30. The van der Waals surface area contributed by atoms with Gasteiger partial charge in [0.15, 0.2) is 0 Å². The average molecular weight is 295 g/mol. The van der Waals surface area contributed by atoms with Crippen molar-refractivity contribution >= 4 is 5.69 Å². The predicted molar refractivity (Wildman–Crippen MR) is 76.3 cm³/mol. The number of benzene rings is 2. The first-order valence-electron chi connectivity index (χ1n) is 6.50. The molecule has 2 rings (SSSR count). The number of hydrogen-bond donors (Lipinski definition) is 2. The van der Waals surface area contributed by atoms with E-state index in [-0.39, 0.29) is 11.8 Å². The number of alkyl halides is 3. The second-order valence-electron chi connectivity index (χ2n) is 4.99. The summed E-state index contributed by atoms with van der Waals surface area (Å²) in [6.45, 7) is 3.61. The Hall–Kier alpha value is -2.17. The fourth-order valence-corrected chi connectivity index (χ4v) is 2.11. The Morgan fingerprint density at radius 3 is 2.43 bits per heavy atom. The Balaban J connectivity index is 2.22. The molecule has 2 aromatic rings. The number of anilines is 1. The summed E-state index contributed by atoms with van der Waals surface area (Å²) in [4.78, 5) is 0. The normalized spacial score (nSPS) is 13.0. The monoisotopic (exact) mass is 295 g/mol. The fraction of sp³-hybridized carbons (Fsp3) is 0.250. The number of rotatable bonds is 3. The topological polar surface area (TPSA) is 32.3 Å². The minimum Gasteiger partial charge on any atom is -0.508 e. The standard InChI is InChI=1S/C16H16F3NO/c1-10-8-14(21)6-7-15(10)20-11(2)12-4-3-5-13(9-12)16(17,18)19/h3-9,11,20-21H,1-2H3. The van der Waals surface area contributed by atoms with Crippen LogP contribution in [0.5, 0.6) is 5.75 Å². The summed E-state index contributed by atoms with van der Waals surface area (Å²) in [7, 11) is 0. The highest BCUT2D eigenvalue weighted by Crippen LogP contribution is 2.32. The van der Waals surface area contributed by atoms with Crippen molar-refractivity contribution in [3.05, 3.63) is 59.2 Å². The highest BCUT2D eigenvalue weighted by Gasteiger charge is 2.30. The SMILES string of the molecule is Cc1cc(O)ccc1NC(C)c1cccc(C(F)(F)F)c1. The molecule has 0 aliphatic carbocycles. The molecule has 0 radical (unpaired) electrons. The molecule has 0 aromatic heterocycles. The Morgan fingerprint density at radius 2 is 1.81 bits per heavy atom. The molecule has 21 heavy (non-hydrogen) atoms. The van der Waals surface area contributed by atoms with Crippen LogP contribution in [0.4, 0.5) is 18.9 Å². The zero-order valence-corrected chi connectivity index (χ0v) is 11.7. The smallest absolute Gasteiger partial charge is 0.416 e. The third kappa shape index (κ3) is 3.68. The minimum absolute atomic E-state index is 0.157. The third-order valence-corrected chi connectivity index (χ3v) is 3.30. The summed E-state index contributed by atoms with van der Waals surface area (Å²) in [5.74, 6) is 0.157. The van der Waals surface area contributed by atoms with Crippen LogP contribution in [0.25, 0.3) is 0 Å². The number of hydrogen-bond acceptors (Lipinski definition) is 2. The molecule has 0 fully saturated rings. The molecule has 1 atom stereocenters. The first-order valence-corrected chi connectivity index (χ1v) is 6.50. The second kappa shape index (κ2) is 5.68. The summed E-state index contributed by atoms with van der Waals surface area (Å²) < 4.78 is 38.2. The van der Waals surface area contributed by atoms with E-state index in [2.05, 4.69) is 5.32 Å². The molecule has 2 aromatic carbocycles. The van der Waals surface area contributed by atoms with Crippen LogP contribution in [0, 0.1) is 6.92 Å². The number of aryl methyl sites for hydroxylation is 1. The molecule has 0 aliphatic heterocycles. The van der Waals surface area contributed by atoms with Gasteiger partial charge in [0, 0.05) is 11.7 Å². The first-order chi connectivity index (χ1) is 9.77. The van der Waals surface area contributed by atoms with E-state index in [1.165, 1.54) is 12.1 Å². The van der Waals surface area contributed by atoms with Gasteiger partial charge in [-0.05, 0) is 55.3 Å². The highest BCUT2D eigenvalue weighted by molar-refractivity contribution is 5.54. The van der Waals surface area contributed by atoms with Crippen molar-refractivity contribution in [2.45, 2.75) is 26.1 Å². The number of phenolic OH excluding ortho intramolecular Hbond substituents is 1. The largest absolute Gasteiger partial charge is 0.508 e. The van der Waals surface area contributed by atoms with E-state index in [0.717, 1.165) is 23.4 Å². The lowest BCUT2D eigenvalue weighted by Gasteiger charge is -2.19. The van der Waals surface area contributed by atoms with Crippen LogP contribution < -0.4 is 5.32 Å². The van der Waals surface area contributed by atoms with Gasteiger partial charge in [0.2, 0.25) is 0 Å².